The summed E-state index contributed by atoms with van der Waals surface area (Å²) in [6.45, 7) is 6.06. The van der Waals surface area contributed by atoms with E-state index in [1.807, 2.05) is 30.0 Å². The number of rotatable bonds is 2. The Kier molecular flexibility index (Phi) is 3.90. The van der Waals surface area contributed by atoms with Gasteiger partial charge in [-0.25, -0.2) is 0 Å². The van der Waals surface area contributed by atoms with Crippen LogP contribution in [-0.2, 0) is 11.2 Å². The van der Waals surface area contributed by atoms with E-state index < -0.39 is 0 Å². The number of nitrogens with zero attached hydrogens (tertiary/aromatic N) is 1. The lowest BCUT2D eigenvalue weighted by Gasteiger charge is -2.30. The molecule has 1 amide bonds. The molecular formula is C15H22N2O. The number of carbonyl (C=O) groups excluding carboxylic acids is 1. The summed E-state index contributed by atoms with van der Waals surface area (Å²) in [5, 5.41) is 0. The Morgan fingerprint density at radius 3 is 2.72 bits per heavy atom. The summed E-state index contributed by atoms with van der Waals surface area (Å²) in [4.78, 5) is 14.2. The van der Waals surface area contributed by atoms with E-state index in [1.54, 1.807) is 0 Å². The number of carbonyl (C=O) groups is 1. The van der Waals surface area contributed by atoms with Gasteiger partial charge in [0.05, 0.1) is 6.42 Å². The zero-order valence-corrected chi connectivity index (χ0v) is 11.3. The molecule has 0 unspecified atom stereocenters. The molecule has 0 aliphatic carbocycles. The van der Waals surface area contributed by atoms with Crippen molar-refractivity contribution in [3.8, 4) is 0 Å². The van der Waals surface area contributed by atoms with Crippen LogP contribution in [0, 0.1) is 12.8 Å². The van der Waals surface area contributed by atoms with Crippen LogP contribution in [0.3, 0.4) is 0 Å². The highest BCUT2D eigenvalue weighted by Gasteiger charge is 2.20. The first-order chi connectivity index (χ1) is 8.56. The van der Waals surface area contributed by atoms with Crippen LogP contribution in [-0.4, -0.2) is 23.9 Å². The van der Waals surface area contributed by atoms with Gasteiger partial charge in [0.1, 0.15) is 0 Å². The molecule has 3 heteroatoms. The summed E-state index contributed by atoms with van der Waals surface area (Å²) >= 11 is 0. The fourth-order valence-corrected chi connectivity index (χ4v) is 2.42. The van der Waals surface area contributed by atoms with Crippen LogP contribution in [0.5, 0.6) is 0 Å². The third-order valence-electron chi connectivity index (χ3n) is 3.78. The van der Waals surface area contributed by atoms with Gasteiger partial charge in [-0.15, -0.1) is 0 Å². The number of benzene rings is 1. The lowest BCUT2D eigenvalue weighted by Crippen LogP contribution is -2.38. The Bertz CT molecular complexity index is 434. The Labute approximate surface area is 109 Å². The van der Waals surface area contributed by atoms with E-state index in [4.69, 9.17) is 5.73 Å². The molecule has 0 radical (unpaired) electrons. The first kappa shape index (κ1) is 12.9. The molecule has 1 aliphatic heterocycles. The average Bonchev–Trinajstić information content (AvgIpc) is 2.34. The minimum atomic E-state index is 0.208. The van der Waals surface area contributed by atoms with Gasteiger partial charge in [0.2, 0.25) is 5.91 Å². The molecule has 1 aromatic rings. The second kappa shape index (κ2) is 5.42. The maximum Gasteiger partial charge on any atom is 0.227 e. The van der Waals surface area contributed by atoms with E-state index in [0.717, 1.165) is 48.7 Å². The highest BCUT2D eigenvalue weighted by atomic mass is 16.2. The number of piperidine rings is 1. The van der Waals surface area contributed by atoms with Crippen LogP contribution < -0.4 is 5.73 Å². The van der Waals surface area contributed by atoms with Crippen molar-refractivity contribution in [2.24, 2.45) is 5.92 Å². The van der Waals surface area contributed by atoms with Crippen molar-refractivity contribution < 1.29 is 4.79 Å². The molecule has 0 saturated carbocycles. The summed E-state index contributed by atoms with van der Waals surface area (Å²) in [6, 6.07) is 5.88. The van der Waals surface area contributed by atoms with E-state index in [0.29, 0.717) is 6.42 Å². The predicted molar refractivity (Wildman–Crippen MR) is 74.3 cm³/mol. The van der Waals surface area contributed by atoms with Crippen molar-refractivity contribution in [3.05, 3.63) is 29.3 Å². The van der Waals surface area contributed by atoms with Gasteiger partial charge in [-0.2, -0.15) is 0 Å². The number of likely N-dealkylation sites (tertiary alicyclic amines) is 1. The van der Waals surface area contributed by atoms with Gasteiger partial charge in [0.25, 0.3) is 0 Å². The molecule has 1 saturated heterocycles. The van der Waals surface area contributed by atoms with Crippen LogP contribution in [0.4, 0.5) is 5.69 Å². The third-order valence-corrected chi connectivity index (χ3v) is 3.78. The number of hydrogen-bond acceptors (Lipinski definition) is 2. The quantitative estimate of drug-likeness (QED) is 0.814. The standard InChI is InChI=1S/C15H22N2O/c1-11-5-7-17(8-6-11)15(18)10-13-9-12(2)3-4-14(13)16/h3-4,9,11H,5-8,10,16H2,1-2H3. The van der Waals surface area contributed by atoms with Crippen LogP contribution in [0.15, 0.2) is 18.2 Å². The molecule has 18 heavy (non-hydrogen) atoms. The molecule has 98 valence electrons. The molecular weight excluding hydrogens is 224 g/mol. The highest BCUT2D eigenvalue weighted by Crippen LogP contribution is 2.19. The molecule has 0 spiro atoms. The normalized spacial score (nSPS) is 16.9. The van der Waals surface area contributed by atoms with Crippen molar-refractivity contribution in [2.45, 2.75) is 33.1 Å². The molecule has 2 N–H and O–H groups in total. The first-order valence-corrected chi connectivity index (χ1v) is 6.69. The summed E-state index contributed by atoms with van der Waals surface area (Å²) in [6.07, 6.45) is 2.67. The lowest BCUT2D eigenvalue weighted by atomic mass is 9.98. The molecule has 3 nitrogen and oxygen atoms in total. The topological polar surface area (TPSA) is 46.3 Å². The number of nitrogens with two attached hydrogens (primary N) is 1. The fourth-order valence-electron chi connectivity index (χ4n) is 2.42. The van der Waals surface area contributed by atoms with Crippen molar-refractivity contribution in [3.63, 3.8) is 0 Å². The number of aryl methyl sites for hydroxylation is 1. The Morgan fingerprint density at radius 2 is 2.06 bits per heavy atom. The summed E-state index contributed by atoms with van der Waals surface area (Å²) in [5.41, 5.74) is 8.75. The van der Waals surface area contributed by atoms with Crippen molar-refractivity contribution >= 4 is 11.6 Å². The van der Waals surface area contributed by atoms with Gasteiger partial charge in [0, 0.05) is 18.8 Å². The SMILES string of the molecule is Cc1ccc(N)c(CC(=O)N2CCC(C)CC2)c1. The zero-order valence-electron chi connectivity index (χ0n) is 11.3. The Morgan fingerprint density at radius 1 is 1.39 bits per heavy atom. The third kappa shape index (κ3) is 3.03. The summed E-state index contributed by atoms with van der Waals surface area (Å²) < 4.78 is 0. The zero-order chi connectivity index (χ0) is 13.1. The molecule has 1 aliphatic rings. The van der Waals surface area contributed by atoms with Gasteiger partial charge in [0.15, 0.2) is 0 Å². The number of anilines is 1. The van der Waals surface area contributed by atoms with Crippen molar-refractivity contribution in [1.82, 2.24) is 4.90 Å². The number of hydrogen-bond donors (Lipinski definition) is 1. The van der Waals surface area contributed by atoms with E-state index in [2.05, 4.69) is 6.92 Å². The fraction of sp³-hybridized carbons (Fsp3) is 0.533. The molecule has 0 atom stereocenters. The minimum Gasteiger partial charge on any atom is -0.398 e. The smallest absolute Gasteiger partial charge is 0.227 e. The molecule has 1 heterocycles. The number of nitrogen functional groups attached to an aromatic ring is 1. The molecule has 0 aromatic heterocycles. The van der Waals surface area contributed by atoms with Crippen LogP contribution in [0.1, 0.15) is 30.9 Å². The minimum absolute atomic E-state index is 0.208. The van der Waals surface area contributed by atoms with Gasteiger partial charge in [-0.05, 0) is 37.3 Å². The van der Waals surface area contributed by atoms with E-state index >= 15 is 0 Å². The lowest BCUT2D eigenvalue weighted by molar-refractivity contribution is -0.131. The van der Waals surface area contributed by atoms with E-state index in [9.17, 15) is 4.79 Å². The van der Waals surface area contributed by atoms with Gasteiger partial charge >= 0.3 is 0 Å². The maximum atomic E-state index is 12.2. The number of amides is 1. The van der Waals surface area contributed by atoms with Gasteiger partial charge in [-0.1, -0.05) is 24.6 Å². The first-order valence-electron chi connectivity index (χ1n) is 6.69. The van der Waals surface area contributed by atoms with Crippen LogP contribution >= 0.6 is 0 Å². The second-order valence-corrected chi connectivity index (χ2v) is 5.44. The molecule has 1 fully saturated rings. The van der Waals surface area contributed by atoms with E-state index in [-0.39, 0.29) is 5.91 Å². The maximum absolute atomic E-state index is 12.2. The molecule has 2 rings (SSSR count). The Hall–Kier alpha value is -1.51. The van der Waals surface area contributed by atoms with Crippen LogP contribution in [0.25, 0.3) is 0 Å². The van der Waals surface area contributed by atoms with Gasteiger partial charge < -0.3 is 10.6 Å². The monoisotopic (exact) mass is 246 g/mol. The van der Waals surface area contributed by atoms with Crippen LogP contribution in [0.2, 0.25) is 0 Å². The largest absolute Gasteiger partial charge is 0.398 e. The summed E-state index contributed by atoms with van der Waals surface area (Å²) in [7, 11) is 0. The molecule has 0 bridgehead atoms. The Balaban J connectivity index is 2.00. The van der Waals surface area contributed by atoms with Gasteiger partial charge in [-0.3, -0.25) is 4.79 Å². The second-order valence-electron chi connectivity index (χ2n) is 5.44. The van der Waals surface area contributed by atoms with Crippen molar-refractivity contribution in [2.75, 3.05) is 18.8 Å². The van der Waals surface area contributed by atoms with E-state index in [1.165, 1.54) is 0 Å². The highest BCUT2D eigenvalue weighted by molar-refractivity contribution is 5.80. The average molecular weight is 246 g/mol. The van der Waals surface area contributed by atoms with Crippen molar-refractivity contribution in [1.29, 1.82) is 0 Å². The molecule has 1 aromatic carbocycles. The summed E-state index contributed by atoms with van der Waals surface area (Å²) in [5.74, 6) is 0.956. The predicted octanol–water partition coefficient (Wildman–Crippen LogP) is 2.38.